The summed E-state index contributed by atoms with van der Waals surface area (Å²) in [6.45, 7) is 2.12. The standard InChI is InChI=1S/C10H16F3NO2S/c1-8(2)3-4-17-6-9(8,7(15)16)14-5-10(11,12)13/h14H,3-6H2,1-2H3,(H,15,16). The van der Waals surface area contributed by atoms with Crippen molar-refractivity contribution in [2.75, 3.05) is 18.1 Å². The minimum atomic E-state index is -4.40. The molecule has 1 heterocycles. The number of carboxylic acids is 1. The fraction of sp³-hybridized carbons (Fsp3) is 0.900. The largest absolute Gasteiger partial charge is 0.480 e. The number of rotatable bonds is 3. The summed E-state index contributed by atoms with van der Waals surface area (Å²) in [4.78, 5) is 11.4. The van der Waals surface area contributed by atoms with E-state index in [-0.39, 0.29) is 5.75 Å². The number of aliphatic carboxylic acids is 1. The fourth-order valence-electron chi connectivity index (χ4n) is 1.93. The maximum Gasteiger partial charge on any atom is 0.401 e. The maximum atomic E-state index is 12.2. The van der Waals surface area contributed by atoms with Crippen LogP contribution in [0.1, 0.15) is 20.3 Å². The predicted octanol–water partition coefficient (Wildman–Crippen LogP) is 2.12. The highest BCUT2D eigenvalue weighted by Gasteiger charge is 2.54. The van der Waals surface area contributed by atoms with E-state index in [0.29, 0.717) is 6.42 Å². The summed E-state index contributed by atoms with van der Waals surface area (Å²) < 4.78 is 36.7. The summed E-state index contributed by atoms with van der Waals surface area (Å²) in [6.07, 6.45) is -3.82. The van der Waals surface area contributed by atoms with E-state index in [1.165, 1.54) is 11.8 Å². The summed E-state index contributed by atoms with van der Waals surface area (Å²) in [5, 5.41) is 11.5. The van der Waals surface area contributed by atoms with E-state index in [2.05, 4.69) is 5.32 Å². The van der Waals surface area contributed by atoms with Crippen molar-refractivity contribution < 1.29 is 23.1 Å². The molecular weight excluding hydrogens is 255 g/mol. The third-order valence-electron chi connectivity index (χ3n) is 3.30. The monoisotopic (exact) mass is 271 g/mol. The first kappa shape index (κ1) is 14.6. The van der Waals surface area contributed by atoms with Crippen LogP contribution < -0.4 is 5.32 Å². The second-order valence-corrected chi connectivity index (χ2v) is 5.97. The molecule has 1 rings (SSSR count). The van der Waals surface area contributed by atoms with Crippen molar-refractivity contribution in [2.24, 2.45) is 5.41 Å². The van der Waals surface area contributed by atoms with Crippen LogP contribution >= 0.6 is 11.8 Å². The zero-order valence-electron chi connectivity index (χ0n) is 9.73. The zero-order chi connectivity index (χ0) is 13.3. The van der Waals surface area contributed by atoms with Gasteiger partial charge in [-0.05, 0) is 17.6 Å². The molecule has 1 unspecified atom stereocenters. The van der Waals surface area contributed by atoms with Crippen molar-refractivity contribution in [2.45, 2.75) is 32.0 Å². The minimum absolute atomic E-state index is 0.158. The van der Waals surface area contributed by atoms with Gasteiger partial charge in [-0.25, -0.2) is 0 Å². The molecular formula is C10H16F3NO2S. The zero-order valence-corrected chi connectivity index (χ0v) is 10.5. The van der Waals surface area contributed by atoms with E-state index in [0.717, 1.165) is 5.75 Å². The SMILES string of the molecule is CC1(C)CCSCC1(NCC(F)(F)F)C(=O)O. The Morgan fingerprint density at radius 3 is 2.47 bits per heavy atom. The molecule has 0 saturated carbocycles. The number of hydrogen-bond donors (Lipinski definition) is 2. The van der Waals surface area contributed by atoms with Crippen molar-refractivity contribution in [3.05, 3.63) is 0 Å². The normalized spacial score (nSPS) is 29.0. The van der Waals surface area contributed by atoms with Gasteiger partial charge >= 0.3 is 12.1 Å². The second-order valence-electron chi connectivity index (χ2n) is 4.87. The lowest BCUT2D eigenvalue weighted by Gasteiger charge is -2.47. The molecule has 1 saturated heterocycles. The molecule has 0 amide bonds. The highest BCUT2D eigenvalue weighted by molar-refractivity contribution is 7.99. The molecule has 0 aromatic carbocycles. The summed E-state index contributed by atoms with van der Waals surface area (Å²) in [6, 6.07) is 0. The van der Waals surface area contributed by atoms with E-state index < -0.39 is 29.6 Å². The smallest absolute Gasteiger partial charge is 0.401 e. The Morgan fingerprint density at radius 1 is 1.47 bits per heavy atom. The number of alkyl halides is 3. The molecule has 1 aliphatic heterocycles. The van der Waals surface area contributed by atoms with Gasteiger partial charge in [0.25, 0.3) is 0 Å². The van der Waals surface area contributed by atoms with Gasteiger partial charge in [0.1, 0.15) is 5.54 Å². The first-order chi connectivity index (χ1) is 7.61. The van der Waals surface area contributed by atoms with Crippen molar-refractivity contribution in [1.82, 2.24) is 5.32 Å². The Hall–Kier alpha value is -0.430. The molecule has 0 bridgehead atoms. The van der Waals surface area contributed by atoms with E-state index in [9.17, 15) is 23.1 Å². The number of carboxylic acid groups (broad SMARTS) is 1. The van der Waals surface area contributed by atoms with Crippen LogP contribution in [-0.2, 0) is 4.79 Å². The molecule has 1 aliphatic rings. The van der Waals surface area contributed by atoms with Crippen molar-refractivity contribution >= 4 is 17.7 Å². The molecule has 0 aromatic heterocycles. The lowest BCUT2D eigenvalue weighted by Crippen LogP contribution is -2.66. The van der Waals surface area contributed by atoms with Gasteiger partial charge < -0.3 is 5.11 Å². The molecule has 0 spiro atoms. The van der Waals surface area contributed by atoms with Crippen LogP contribution in [0.4, 0.5) is 13.2 Å². The second kappa shape index (κ2) is 4.68. The predicted molar refractivity (Wildman–Crippen MR) is 60.1 cm³/mol. The quantitative estimate of drug-likeness (QED) is 0.825. The topological polar surface area (TPSA) is 49.3 Å². The van der Waals surface area contributed by atoms with Gasteiger partial charge in [0.2, 0.25) is 0 Å². The van der Waals surface area contributed by atoms with Crippen LogP contribution in [0.15, 0.2) is 0 Å². The molecule has 0 aromatic rings. The summed E-state index contributed by atoms with van der Waals surface area (Å²) in [7, 11) is 0. The van der Waals surface area contributed by atoms with Crippen molar-refractivity contribution in [3.8, 4) is 0 Å². The average molecular weight is 271 g/mol. The Bertz CT molecular complexity index is 306. The van der Waals surface area contributed by atoms with E-state index in [1.54, 1.807) is 13.8 Å². The Balaban J connectivity index is 2.92. The molecule has 0 radical (unpaired) electrons. The summed E-state index contributed by atoms with van der Waals surface area (Å²) >= 11 is 1.37. The molecule has 7 heteroatoms. The number of thioether (sulfide) groups is 1. The number of hydrogen-bond acceptors (Lipinski definition) is 3. The van der Waals surface area contributed by atoms with Crippen LogP contribution in [0.2, 0.25) is 0 Å². The molecule has 1 atom stereocenters. The summed E-state index contributed by atoms with van der Waals surface area (Å²) in [5.74, 6) is -0.278. The number of halogens is 3. The van der Waals surface area contributed by atoms with E-state index in [1.807, 2.05) is 0 Å². The Labute approximate surface area is 102 Å². The molecule has 3 nitrogen and oxygen atoms in total. The van der Waals surface area contributed by atoms with Crippen LogP contribution in [0, 0.1) is 5.41 Å². The number of carbonyl (C=O) groups is 1. The molecule has 100 valence electrons. The number of nitrogens with one attached hydrogen (secondary N) is 1. The van der Waals surface area contributed by atoms with Crippen molar-refractivity contribution in [1.29, 1.82) is 0 Å². The highest BCUT2D eigenvalue weighted by Crippen LogP contribution is 2.42. The maximum absolute atomic E-state index is 12.2. The van der Waals surface area contributed by atoms with Crippen LogP contribution in [0.3, 0.4) is 0 Å². The minimum Gasteiger partial charge on any atom is -0.480 e. The van der Waals surface area contributed by atoms with Crippen LogP contribution in [0.25, 0.3) is 0 Å². The first-order valence-corrected chi connectivity index (χ1v) is 6.39. The van der Waals surface area contributed by atoms with Gasteiger partial charge in [-0.1, -0.05) is 13.8 Å². The lowest BCUT2D eigenvalue weighted by atomic mass is 9.70. The molecule has 2 N–H and O–H groups in total. The van der Waals surface area contributed by atoms with Gasteiger partial charge in [-0.15, -0.1) is 0 Å². The molecule has 0 aliphatic carbocycles. The van der Waals surface area contributed by atoms with Crippen molar-refractivity contribution in [3.63, 3.8) is 0 Å². The van der Waals surface area contributed by atoms with Gasteiger partial charge in [0.15, 0.2) is 0 Å². The third-order valence-corrected chi connectivity index (χ3v) is 4.43. The van der Waals surface area contributed by atoms with E-state index in [4.69, 9.17) is 0 Å². The Kier molecular flexibility index (Phi) is 4.03. The van der Waals surface area contributed by atoms with Gasteiger partial charge in [-0.2, -0.15) is 24.9 Å². The molecule has 1 fully saturated rings. The Morgan fingerprint density at radius 2 is 2.06 bits per heavy atom. The van der Waals surface area contributed by atoms with Gasteiger partial charge in [-0.3, -0.25) is 10.1 Å². The molecule has 17 heavy (non-hydrogen) atoms. The van der Waals surface area contributed by atoms with E-state index >= 15 is 0 Å². The average Bonchev–Trinajstić information content (AvgIpc) is 2.13. The first-order valence-electron chi connectivity index (χ1n) is 5.24. The lowest BCUT2D eigenvalue weighted by molar-refractivity contribution is -0.156. The van der Waals surface area contributed by atoms with Gasteiger partial charge in [0, 0.05) is 5.75 Å². The third kappa shape index (κ3) is 3.07. The van der Waals surface area contributed by atoms with Gasteiger partial charge in [0.05, 0.1) is 6.54 Å². The summed E-state index contributed by atoms with van der Waals surface area (Å²) in [5.41, 5.74) is -2.21. The highest BCUT2D eigenvalue weighted by atomic mass is 32.2. The fourth-order valence-corrected chi connectivity index (χ4v) is 3.65. The van der Waals surface area contributed by atoms with Crippen LogP contribution in [0.5, 0.6) is 0 Å². The van der Waals surface area contributed by atoms with Crippen LogP contribution in [-0.4, -0.2) is 40.8 Å².